The Morgan fingerprint density at radius 2 is 2.06 bits per heavy atom. The van der Waals surface area contributed by atoms with Gasteiger partial charge in [-0.05, 0) is 41.8 Å². The zero-order valence-corrected chi connectivity index (χ0v) is 18.4. The Morgan fingerprint density at radius 3 is 2.75 bits per heavy atom. The fourth-order valence-corrected chi connectivity index (χ4v) is 5.10. The zero-order valence-electron chi connectivity index (χ0n) is 17.6. The molecule has 0 spiro atoms. The van der Waals surface area contributed by atoms with E-state index >= 15 is 0 Å². The molecule has 2 N–H and O–H groups in total. The van der Waals surface area contributed by atoms with Crippen molar-refractivity contribution in [3.05, 3.63) is 63.6 Å². The molecule has 1 aliphatic rings. The number of hydrogen-bond donors (Lipinski definition) is 2. The molecule has 0 saturated carbocycles. The van der Waals surface area contributed by atoms with E-state index in [0.717, 1.165) is 23.3 Å². The second-order valence-electron chi connectivity index (χ2n) is 7.42. The van der Waals surface area contributed by atoms with Crippen LogP contribution in [0.3, 0.4) is 0 Å². The van der Waals surface area contributed by atoms with Gasteiger partial charge in [-0.15, -0.1) is 11.3 Å². The lowest BCUT2D eigenvalue weighted by Crippen LogP contribution is -2.22. The largest absolute Gasteiger partial charge is 0.493 e. The number of hydrogen-bond acceptors (Lipinski definition) is 5. The summed E-state index contributed by atoms with van der Waals surface area (Å²) in [6, 6.07) is 11.2. The van der Waals surface area contributed by atoms with Crippen molar-refractivity contribution in [2.75, 3.05) is 19.0 Å². The summed E-state index contributed by atoms with van der Waals surface area (Å²) < 4.78 is 25.1. The first kappa shape index (κ1) is 21.8. The number of carbonyl (C=O) groups excluding carboxylic acids is 1. The molecule has 32 heavy (non-hydrogen) atoms. The van der Waals surface area contributed by atoms with E-state index in [2.05, 4.69) is 5.32 Å². The Morgan fingerprint density at radius 1 is 1.25 bits per heavy atom. The van der Waals surface area contributed by atoms with Crippen LogP contribution in [-0.2, 0) is 4.79 Å². The van der Waals surface area contributed by atoms with Gasteiger partial charge in [0.05, 0.1) is 19.4 Å². The van der Waals surface area contributed by atoms with Crippen LogP contribution in [0.25, 0.3) is 11.1 Å². The second kappa shape index (κ2) is 9.00. The van der Waals surface area contributed by atoms with E-state index in [1.807, 2.05) is 19.1 Å². The van der Waals surface area contributed by atoms with Crippen LogP contribution in [0.5, 0.6) is 11.5 Å². The first-order valence-corrected chi connectivity index (χ1v) is 11.0. The van der Waals surface area contributed by atoms with Crippen molar-refractivity contribution in [2.45, 2.75) is 25.7 Å². The van der Waals surface area contributed by atoms with Crippen LogP contribution in [-0.4, -0.2) is 30.7 Å². The number of thiophene rings is 1. The topological polar surface area (TPSA) is 84.9 Å². The number of ether oxygens (including phenoxy) is 2. The van der Waals surface area contributed by atoms with Crippen molar-refractivity contribution in [1.29, 1.82) is 0 Å². The summed E-state index contributed by atoms with van der Waals surface area (Å²) in [6.07, 6.45) is 1.01. The van der Waals surface area contributed by atoms with Gasteiger partial charge in [0.1, 0.15) is 10.7 Å². The highest BCUT2D eigenvalue weighted by atomic mass is 32.1. The van der Waals surface area contributed by atoms with Crippen molar-refractivity contribution < 1.29 is 28.6 Å². The molecule has 0 radical (unpaired) electrons. The average Bonchev–Trinajstić information content (AvgIpc) is 3.16. The Bertz CT molecular complexity index is 1190. The third kappa shape index (κ3) is 4.05. The first-order chi connectivity index (χ1) is 15.4. The molecular weight excluding hydrogens is 433 g/mol. The van der Waals surface area contributed by atoms with Crippen LogP contribution < -0.4 is 14.8 Å². The number of carboxylic acid groups (broad SMARTS) is 1. The standard InChI is InChI=1S/C24H22FNO5S/c1-3-9-31-17-8-7-13(11-18(17)30-2)16-12-19(27)26-21-20(14-5-4-6-15(25)10-14)23(24(28)29)32-22(16)21/h4-8,10-11,16H,3,9,12H2,1-2H3,(H,26,27)(H,28,29). The highest BCUT2D eigenvalue weighted by Crippen LogP contribution is 2.50. The highest BCUT2D eigenvalue weighted by molar-refractivity contribution is 7.15. The molecule has 6 nitrogen and oxygen atoms in total. The van der Waals surface area contributed by atoms with Crippen molar-refractivity contribution in [3.8, 4) is 22.6 Å². The van der Waals surface area contributed by atoms with Gasteiger partial charge in [-0.1, -0.05) is 25.1 Å². The molecule has 0 bridgehead atoms. The van der Waals surface area contributed by atoms with Crippen LogP contribution >= 0.6 is 11.3 Å². The predicted octanol–water partition coefficient (Wildman–Crippen LogP) is 5.52. The molecule has 166 valence electrons. The van der Waals surface area contributed by atoms with Crippen LogP contribution in [0.15, 0.2) is 42.5 Å². The van der Waals surface area contributed by atoms with Gasteiger partial charge in [-0.2, -0.15) is 0 Å². The molecule has 8 heteroatoms. The number of anilines is 1. The van der Waals surface area contributed by atoms with Gasteiger partial charge in [0.15, 0.2) is 11.5 Å². The van der Waals surface area contributed by atoms with E-state index in [-0.39, 0.29) is 23.1 Å². The summed E-state index contributed by atoms with van der Waals surface area (Å²) in [6.45, 7) is 2.56. The maximum atomic E-state index is 13.9. The molecule has 0 aliphatic carbocycles. The smallest absolute Gasteiger partial charge is 0.346 e. The molecule has 1 unspecified atom stereocenters. The van der Waals surface area contributed by atoms with Crippen molar-refractivity contribution >= 4 is 28.9 Å². The Labute approximate surface area is 188 Å². The molecule has 1 aromatic heterocycles. The maximum absolute atomic E-state index is 13.9. The number of carbonyl (C=O) groups is 2. The number of amides is 1. The third-order valence-electron chi connectivity index (χ3n) is 5.27. The van der Waals surface area contributed by atoms with Crippen molar-refractivity contribution in [1.82, 2.24) is 0 Å². The molecule has 1 amide bonds. The normalized spacial score (nSPS) is 15.1. The number of nitrogens with one attached hydrogen (secondary N) is 1. The fourth-order valence-electron chi connectivity index (χ4n) is 3.86. The van der Waals surface area contributed by atoms with Gasteiger partial charge < -0.3 is 19.9 Å². The van der Waals surface area contributed by atoms with Gasteiger partial charge in [0, 0.05) is 22.8 Å². The first-order valence-electron chi connectivity index (χ1n) is 10.2. The van der Waals surface area contributed by atoms with Crippen LogP contribution in [0.1, 0.15) is 45.8 Å². The van der Waals surface area contributed by atoms with E-state index in [1.165, 1.54) is 18.2 Å². The number of carboxylic acids is 1. The highest BCUT2D eigenvalue weighted by Gasteiger charge is 2.35. The van der Waals surface area contributed by atoms with E-state index < -0.39 is 11.8 Å². The van der Waals surface area contributed by atoms with E-state index in [1.54, 1.807) is 19.2 Å². The van der Waals surface area contributed by atoms with Gasteiger partial charge in [-0.25, -0.2) is 9.18 Å². The van der Waals surface area contributed by atoms with Crippen molar-refractivity contribution in [2.24, 2.45) is 0 Å². The number of halogens is 1. The van der Waals surface area contributed by atoms with Crippen LogP contribution in [0.4, 0.5) is 10.1 Å². The SMILES string of the molecule is CCCOc1ccc(C2CC(=O)Nc3c2sc(C(=O)O)c3-c2cccc(F)c2)cc1OC. The molecular formula is C24H22FNO5S. The summed E-state index contributed by atoms with van der Waals surface area (Å²) >= 11 is 1.10. The molecule has 0 fully saturated rings. The quantitative estimate of drug-likeness (QED) is 0.490. The minimum Gasteiger partial charge on any atom is -0.493 e. The summed E-state index contributed by atoms with van der Waals surface area (Å²) in [5, 5.41) is 12.7. The van der Waals surface area contributed by atoms with E-state index in [0.29, 0.717) is 39.8 Å². The fraction of sp³-hybridized carbons (Fsp3) is 0.250. The van der Waals surface area contributed by atoms with Gasteiger partial charge >= 0.3 is 5.97 Å². The lowest BCUT2D eigenvalue weighted by molar-refractivity contribution is -0.116. The Balaban J connectivity index is 1.85. The second-order valence-corrected chi connectivity index (χ2v) is 8.48. The predicted molar refractivity (Wildman–Crippen MR) is 121 cm³/mol. The molecule has 2 heterocycles. The van der Waals surface area contributed by atoms with Crippen LogP contribution in [0.2, 0.25) is 0 Å². The molecule has 1 atom stereocenters. The van der Waals surface area contributed by atoms with Gasteiger partial charge in [0.25, 0.3) is 0 Å². The molecule has 3 aromatic rings. The van der Waals surface area contributed by atoms with Crippen molar-refractivity contribution in [3.63, 3.8) is 0 Å². The number of fused-ring (bicyclic) bond motifs is 1. The van der Waals surface area contributed by atoms with Crippen LogP contribution in [0, 0.1) is 5.82 Å². The molecule has 4 rings (SSSR count). The minimum atomic E-state index is -1.13. The lowest BCUT2D eigenvalue weighted by atomic mass is 9.88. The number of aromatic carboxylic acids is 1. The summed E-state index contributed by atoms with van der Waals surface area (Å²) in [4.78, 5) is 25.4. The minimum absolute atomic E-state index is 0.0580. The lowest BCUT2D eigenvalue weighted by Gasteiger charge is -2.24. The number of rotatable bonds is 7. The molecule has 1 aliphatic heterocycles. The Hall–Kier alpha value is -3.39. The van der Waals surface area contributed by atoms with Gasteiger partial charge in [0.2, 0.25) is 5.91 Å². The van der Waals surface area contributed by atoms with Gasteiger partial charge in [-0.3, -0.25) is 4.79 Å². The molecule has 0 saturated heterocycles. The maximum Gasteiger partial charge on any atom is 0.346 e. The summed E-state index contributed by atoms with van der Waals surface area (Å²) in [5.41, 5.74) is 1.96. The Kier molecular flexibility index (Phi) is 6.14. The summed E-state index contributed by atoms with van der Waals surface area (Å²) in [5.74, 6) is -1.05. The van der Waals surface area contributed by atoms with E-state index in [9.17, 15) is 19.1 Å². The van der Waals surface area contributed by atoms with E-state index in [4.69, 9.17) is 9.47 Å². The summed E-state index contributed by atoms with van der Waals surface area (Å²) in [7, 11) is 1.55. The number of benzene rings is 2. The monoisotopic (exact) mass is 455 g/mol. The average molecular weight is 456 g/mol. The number of methoxy groups -OCH3 is 1. The third-order valence-corrected chi connectivity index (χ3v) is 6.56. The molecule has 2 aromatic carbocycles. The zero-order chi connectivity index (χ0) is 22.8.